The smallest absolute Gasteiger partial charge is 0.237 e. The van der Waals surface area contributed by atoms with Gasteiger partial charge in [-0.3, -0.25) is 10.1 Å². The van der Waals surface area contributed by atoms with E-state index in [0.717, 1.165) is 24.2 Å². The fraction of sp³-hybridized carbons (Fsp3) is 0.353. The van der Waals surface area contributed by atoms with Gasteiger partial charge < -0.3 is 9.73 Å². The molecule has 1 fully saturated rings. The zero-order valence-corrected chi connectivity index (χ0v) is 12.1. The van der Waals surface area contributed by atoms with Gasteiger partial charge in [-0.25, -0.2) is 0 Å². The highest BCUT2D eigenvalue weighted by atomic mass is 16.3. The van der Waals surface area contributed by atoms with E-state index in [9.17, 15) is 4.79 Å². The molecule has 4 heteroatoms. The summed E-state index contributed by atoms with van der Waals surface area (Å²) in [5.41, 5.74) is 1.08. The summed E-state index contributed by atoms with van der Waals surface area (Å²) in [5.74, 6) is 0.859. The molecule has 1 saturated carbocycles. The van der Waals surface area contributed by atoms with Crippen molar-refractivity contribution in [3.8, 4) is 0 Å². The summed E-state index contributed by atoms with van der Waals surface area (Å²) in [6.07, 6.45) is 3.85. The van der Waals surface area contributed by atoms with Crippen LogP contribution in [0.25, 0.3) is 0 Å². The Balaban J connectivity index is 1.74. The molecule has 2 atom stereocenters. The molecule has 2 aromatic rings. The Bertz CT molecular complexity index is 576. The first-order valence-corrected chi connectivity index (χ1v) is 7.39. The molecule has 1 heterocycles. The van der Waals surface area contributed by atoms with Gasteiger partial charge in [0.05, 0.1) is 18.3 Å². The van der Waals surface area contributed by atoms with Crippen LogP contribution >= 0.6 is 0 Å². The van der Waals surface area contributed by atoms with E-state index >= 15 is 0 Å². The van der Waals surface area contributed by atoms with E-state index in [1.165, 1.54) is 0 Å². The van der Waals surface area contributed by atoms with Crippen molar-refractivity contribution in [2.75, 3.05) is 0 Å². The maximum absolute atomic E-state index is 12.1. The van der Waals surface area contributed by atoms with E-state index in [4.69, 9.17) is 4.42 Å². The van der Waals surface area contributed by atoms with Crippen LogP contribution in [-0.4, -0.2) is 18.0 Å². The second-order valence-corrected chi connectivity index (χ2v) is 5.53. The van der Waals surface area contributed by atoms with Crippen molar-refractivity contribution in [1.29, 1.82) is 0 Å². The van der Waals surface area contributed by atoms with Crippen molar-refractivity contribution in [2.24, 2.45) is 0 Å². The summed E-state index contributed by atoms with van der Waals surface area (Å²) in [6.45, 7) is 1.89. The zero-order valence-electron chi connectivity index (χ0n) is 12.1. The number of carbonyl (C=O) groups is 1. The Morgan fingerprint density at radius 3 is 2.57 bits per heavy atom. The number of rotatable bonds is 6. The molecular weight excluding hydrogens is 264 g/mol. The van der Waals surface area contributed by atoms with Crippen LogP contribution in [0.2, 0.25) is 0 Å². The average molecular weight is 284 g/mol. The number of carbonyl (C=O) groups excluding carboxylic acids is 1. The number of benzene rings is 1. The predicted octanol–water partition coefficient (Wildman–Crippen LogP) is 2.63. The number of hydrogen-bond donors (Lipinski definition) is 2. The summed E-state index contributed by atoms with van der Waals surface area (Å²) in [4.78, 5) is 12.1. The number of hydrogen-bond acceptors (Lipinski definition) is 3. The molecule has 0 aliphatic heterocycles. The summed E-state index contributed by atoms with van der Waals surface area (Å²) in [6, 6.07) is 13.8. The standard InChI is InChI=1S/C17H20N2O2/c1-12(17(20)19-14-9-10-14)18-16(15-8-5-11-21-15)13-6-3-2-4-7-13/h2-8,11-12,14,16,18H,9-10H2,1H3,(H,19,20)/t12-,16-/m1/s1. The second kappa shape index (κ2) is 6.14. The minimum Gasteiger partial charge on any atom is -0.467 e. The quantitative estimate of drug-likeness (QED) is 0.857. The van der Waals surface area contributed by atoms with Gasteiger partial charge >= 0.3 is 0 Å². The lowest BCUT2D eigenvalue weighted by Crippen LogP contribution is -2.44. The SMILES string of the molecule is C[C@@H](N[C@H](c1ccccc1)c1ccco1)C(=O)NC1CC1. The van der Waals surface area contributed by atoms with Crippen molar-refractivity contribution in [2.45, 2.75) is 37.9 Å². The Hall–Kier alpha value is -2.07. The molecule has 1 aromatic heterocycles. The number of amides is 1. The first-order chi connectivity index (χ1) is 10.2. The van der Waals surface area contributed by atoms with E-state index in [1.54, 1.807) is 6.26 Å². The Labute approximate surface area is 124 Å². The van der Waals surface area contributed by atoms with Crippen LogP contribution in [0.1, 0.15) is 37.1 Å². The summed E-state index contributed by atoms with van der Waals surface area (Å²) < 4.78 is 5.53. The van der Waals surface area contributed by atoms with Gasteiger partial charge in [-0.05, 0) is 37.5 Å². The lowest BCUT2D eigenvalue weighted by Gasteiger charge is -2.22. The van der Waals surface area contributed by atoms with E-state index in [-0.39, 0.29) is 18.0 Å². The predicted molar refractivity (Wildman–Crippen MR) is 80.8 cm³/mol. The third kappa shape index (κ3) is 3.52. The van der Waals surface area contributed by atoms with Crippen LogP contribution in [0.3, 0.4) is 0 Å². The fourth-order valence-electron chi connectivity index (χ4n) is 2.32. The van der Waals surface area contributed by atoms with Gasteiger partial charge in [-0.2, -0.15) is 0 Å². The van der Waals surface area contributed by atoms with E-state index in [0.29, 0.717) is 6.04 Å². The van der Waals surface area contributed by atoms with Crippen molar-refractivity contribution in [1.82, 2.24) is 10.6 Å². The largest absolute Gasteiger partial charge is 0.467 e. The van der Waals surface area contributed by atoms with Crippen molar-refractivity contribution in [3.63, 3.8) is 0 Å². The summed E-state index contributed by atoms with van der Waals surface area (Å²) >= 11 is 0. The molecule has 1 aliphatic carbocycles. The normalized spacial score (nSPS) is 17.2. The summed E-state index contributed by atoms with van der Waals surface area (Å²) in [7, 11) is 0. The minimum atomic E-state index is -0.277. The first-order valence-electron chi connectivity index (χ1n) is 7.39. The van der Waals surface area contributed by atoms with Crippen LogP contribution in [0, 0.1) is 0 Å². The van der Waals surface area contributed by atoms with Crippen LogP contribution in [-0.2, 0) is 4.79 Å². The monoisotopic (exact) mass is 284 g/mol. The van der Waals surface area contributed by atoms with Crippen molar-refractivity contribution in [3.05, 3.63) is 60.1 Å². The lowest BCUT2D eigenvalue weighted by molar-refractivity contribution is -0.123. The first kappa shape index (κ1) is 13.9. The van der Waals surface area contributed by atoms with Crippen LogP contribution < -0.4 is 10.6 Å². The maximum atomic E-state index is 12.1. The molecule has 0 spiro atoms. The van der Waals surface area contributed by atoms with E-state index in [2.05, 4.69) is 10.6 Å². The van der Waals surface area contributed by atoms with Crippen LogP contribution in [0.4, 0.5) is 0 Å². The number of furan rings is 1. The third-order valence-corrected chi connectivity index (χ3v) is 3.69. The highest BCUT2D eigenvalue weighted by Gasteiger charge is 2.27. The van der Waals surface area contributed by atoms with Gasteiger partial charge in [0.25, 0.3) is 0 Å². The molecule has 110 valence electrons. The molecule has 1 aromatic carbocycles. The topological polar surface area (TPSA) is 54.3 Å². The van der Waals surface area contributed by atoms with Gasteiger partial charge in [-0.15, -0.1) is 0 Å². The zero-order chi connectivity index (χ0) is 14.7. The lowest BCUT2D eigenvalue weighted by atomic mass is 10.0. The maximum Gasteiger partial charge on any atom is 0.237 e. The van der Waals surface area contributed by atoms with Crippen molar-refractivity contribution >= 4 is 5.91 Å². The molecule has 1 aliphatic rings. The Morgan fingerprint density at radius 2 is 1.95 bits per heavy atom. The Morgan fingerprint density at radius 1 is 1.19 bits per heavy atom. The van der Waals surface area contributed by atoms with Crippen molar-refractivity contribution < 1.29 is 9.21 Å². The molecular formula is C17H20N2O2. The van der Waals surface area contributed by atoms with E-state index in [1.807, 2.05) is 49.4 Å². The molecule has 21 heavy (non-hydrogen) atoms. The highest BCUT2D eigenvalue weighted by Crippen LogP contribution is 2.23. The molecule has 3 rings (SSSR count). The van der Waals surface area contributed by atoms with Crippen LogP contribution in [0.15, 0.2) is 53.1 Å². The Kier molecular flexibility index (Phi) is 4.06. The molecule has 0 unspecified atom stereocenters. The molecule has 2 N–H and O–H groups in total. The third-order valence-electron chi connectivity index (χ3n) is 3.69. The fourth-order valence-corrected chi connectivity index (χ4v) is 2.32. The highest BCUT2D eigenvalue weighted by molar-refractivity contribution is 5.82. The van der Waals surface area contributed by atoms with Gasteiger partial charge in [-0.1, -0.05) is 30.3 Å². The van der Waals surface area contributed by atoms with Gasteiger partial charge in [0.2, 0.25) is 5.91 Å². The molecule has 0 saturated heterocycles. The van der Waals surface area contributed by atoms with Gasteiger partial charge in [0, 0.05) is 6.04 Å². The molecule has 0 radical (unpaired) electrons. The van der Waals surface area contributed by atoms with Gasteiger partial charge in [0.1, 0.15) is 5.76 Å². The second-order valence-electron chi connectivity index (χ2n) is 5.53. The van der Waals surface area contributed by atoms with Crippen LogP contribution in [0.5, 0.6) is 0 Å². The minimum absolute atomic E-state index is 0.0463. The van der Waals surface area contributed by atoms with Gasteiger partial charge in [0.15, 0.2) is 0 Å². The molecule has 1 amide bonds. The number of nitrogens with one attached hydrogen (secondary N) is 2. The van der Waals surface area contributed by atoms with E-state index < -0.39 is 0 Å². The summed E-state index contributed by atoms with van der Waals surface area (Å²) in [5, 5.41) is 6.39. The molecule has 4 nitrogen and oxygen atoms in total. The molecule has 0 bridgehead atoms. The average Bonchev–Trinajstić information content (AvgIpc) is 3.16.